The summed E-state index contributed by atoms with van der Waals surface area (Å²) in [7, 11) is 3.40. The lowest BCUT2D eigenvalue weighted by molar-refractivity contribution is 0.0606. The number of hydrogen-bond acceptors (Lipinski definition) is 6. The zero-order chi connectivity index (χ0) is 15.0. The summed E-state index contributed by atoms with van der Waals surface area (Å²) in [6.45, 7) is 1.67. The summed E-state index contributed by atoms with van der Waals surface area (Å²) >= 11 is 7.31. The predicted molar refractivity (Wildman–Crippen MR) is 85.2 cm³/mol. The molecule has 0 unspecified atom stereocenters. The van der Waals surface area contributed by atoms with E-state index in [1.807, 2.05) is 18.2 Å². The monoisotopic (exact) mass is 323 g/mol. The summed E-state index contributed by atoms with van der Waals surface area (Å²) in [5.74, 6) is -0.453. The Balaban J connectivity index is 2.02. The number of anilines is 3. The fourth-order valence-corrected chi connectivity index (χ4v) is 3.57. The zero-order valence-corrected chi connectivity index (χ0v) is 13.2. The molecule has 110 valence electrons. The van der Waals surface area contributed by atoms with Crippen molar-refractivity contribution in [3.8, 4) is 0 Å². The van der Waals surface area contributed by atoms with E-state index in [-0.39, 0.29) is 5.15 Å². The molecule has 5 nitrogen and oxygen atoms in total. The largest absolute Gasteiger partial charge is 0.465 e. The van der Waals surface area contributed by atoms with E-state index in [9.17, 15) is 4.79 Å². The molecule has 1 aliphatic rings. The van der Waals surface area contributed by atoms with Crippen molar-refractivity contribution in [3.05, 3.63) is 34.3 Å². The average molecular weight is 324 g/mol. The summed E-state index contributed by atoms with van der Waals surface area (Å²) < 4.78 is 4.72. The van der Waals surface area contributed by atoms with Gasteiger partial charge in [0.1, 0.15) is 0 Å². The van der Waals surface area contributed by atoms with Crippen LogP contribution in [0.15, 0.2) is 24.3 Å². The lowest BCUT2D eigenvalue weighted by atomic mass is 10.2. The summed E-state index contributed by atoms with van der Waals surface area (Å²) in [6, 6.07) is 8.10. The zero-order valence-electron chi connectivity index (χ0n) is 11.7. The van der Waals surface area contributed by atoms with Gasteiger partial charge in [0.15, 0.2) is 15.2 Å². The van der Waals surface area contributed by atoms with Crippen LogP contribution in [0, 0.1) is 0 Å². The summed E-state index contributed by atoms with van der Waals surface area (Å²) in [4.78, 5) is 20.6. The van der Waals surface area contributed by atoms with Gasteiger partial charge in [-0.25, -0.2) is 9.78 Å². The van der Waals surface area contributed by atoms with Gasteiger partial charge >= 0.3 is 5.97 Å². The Morgan fingerprint density at radius 3 is 2.76 bits per heavy atom. The molecule has 7 heteroatoms. The molecule has 21 heavy (non-hydrogen) atoms. The van der Waals surface area contributed by atoms with Crippen molar-refractivity contribution in [2.75, 3.05) is 37.0 Å². The minimum atomic E-state index is -0.453. The summed E-state index contributed by atoms with van der Waals surface area (Å²) in [5, 5.41) is 0.902. The molecular weight excluding hydrogens is 310 g/mol. The van der Waals surface area contributed by atoms with Crippen LogP contribution in [-0.4, -0.2) is 38.2 Å². The number of rotatable bonds is 2. The fourth-order valence-electron chi connectivity index (χ4n) is 2.33. The SMILES string of the molecule is COC(=O)c1sc(N2CCN(C)c3ccccc32)nc1Cl. The molecule has 0 N–H and O–H groups in total. The van der Waals surface area contributed by atoms with Gasteiger partial charge in [-0.15, -0.1) is 0 Å². The highest BCUT2D eigenvalue weighted by molar-refractivity contribution is 7.18. The van der Waals surface area contributed by atoms with Crippen LogP contribution >= 0.6 is 22.9 Å². The predicted octanol–water partition coefficient (Wildman–Crippen LogP) is 3.17. The van der Waals surface area contributed by atoms with E-state index in [0.29, 0.717) is 10.0 Å². The second-order valence-corrected chi connectivity index (χ2v) is 6.01. The van der Waals surface area contributed by atoms with Gasteiger partial charge in [0.05, 0.1) is 18.5 Å². The highest BCUT2D eigenvalue weighted by atomic mass is 35.5. The Kier molecular flexibility index (Phi) is 3.73. The number of methoxy groups -OCH3 is 1. The fraction of sp³-hybridized carbons (Fsp3) is 0.286. The first kappa shape index (κ1) is 14.2. The third-order valence-electron chi connectivity index (χ3n) is 3.42. The molecule has 1 aromatic heterocycles. The Bertz CT molecular complexity index is 689. The topological polar surface area (TPSA) is 45.7 Å². The Morgan fingerprint density at radius 2 is 2.05 bits per heavy atom. The molecule has 0 atom stereocenters. The molecule has 0 saturated heterocycles. The smallest absolute Gasteiger partial charge is 0.351 e. The van der Waals surface area contributed by atoms with Crippen LogP contribution in [0.3, 0.4) is 0 Å². The van der Waals surface area contributed by atoms with Crippen molar-refractivity contribution in [1.29, 1.82) is 0 Å². The number of hydrogen-bond donors (Lipinski definition) is 0. The number of ether oxygens (including phenoxy) is 1. The molecule has 0 fully saturated rings. The lowest BCUT2D eigenvalue weighted by Gasteiger charge is -2.35. The Labute approximate surface area is 131 Å². The van der Waals surface area contributed by atoms with Crippen molar-refractivity contribution < 1.29 is 9.53 Å². The van der Waals surface area contributed by atoms with E-state index in [2.05, 4.69) is 27.9 Å². The van der Waals surface area contributed by atoms with Gasteiger partial charge in [0, 0.05) is 20.1 Å². The van der Waals surface area contributed by atoms with E-state index in [0.717, 1.165) is 24.5 Å². The first-order chi connectivity index (χ1) is 10.1. The number of aromatic nitrogens is 1. The number of carbonyl (C=O) groups is 1. The van der Waals surface area contributed by atoms with Gasteiger partial charge < -0.3 is 14.5 Å². The van der Waals surface area contributed by atoms with Gasteiger partial charge in [-0.05, 0) is 12.1 Å². The number of likely N-dealkylation sites (N-methyl/N-ethyl adjacent to an activating group) is 1. The maximum Gasteiger partial charge on any atom is 0.351 e. The van der Waals surface area contributed by atoms with Crippen LogP contribution in [0.2, 0.25) is 5.15 Å². The van der Waals surface area contributed by atoms with Gasteiger partial charge in [-0.1, -0.05) is 35.1 Å². The normalized spacial score (nSPS) is 14.0. The van der Waals surface area contributed by atoms with Crippen molar-refractivity contribution in [1.82, 2.24) is 4.98 Å². The maximum absolute atomic E-state index is 11.7. The number of thiazole rings is 1. The minimum Gasteiger partial charge on any atom is -0.465 e. The molecule has 0 bridgehead atoms. The third kappa shape index (κ3) is 2.45. The molecule has 1 aromatic carbocycles. The van der Waals surface area contributed by atoms with Crippen LogP contribution in [0.4, 0.5) is 16.5 Å². The van der Waals surface area contributed by atoms with Crippen molar-refractivity contribution in [2.45, 2.75) is 0 Å². The highest BCUT2D eigenvalue weighted by Crippen LogP contribution is 2.40. The van der Waals surface area contributed by atoms with Gasteiger partial charge in [-0.2, -0.15) is 0 Å². The quantitative estimate of drug-likeness (QED) is 0.794. The molecule has 3 rings (SSSR count). The van der Waals surface area contributed by atoms with Crippen LogP contribution in [0.1, 0.15) is 9.67 Å². The van der Waals surface area contributed by atoms with Gasteiger partial charge in [-0.3, -0.25) is 0 Å². The molecular formula is C14H14ClN3O2S. The Morgan fingerprint density at radius 1 is 1.33 bits per heavy atom. The molecule has 0 spiro atoms. The standard InChI is InChI=1S/C14H14ClN3O2S/c1-17-7-8-18(10-6-4-3-5-9(10)17)14-16-12(15)11(21-14)13(19)20-2/h3-6H,7-8H2,1-2H3. The van der Waals surface area contributed by atoms with Gasteiger partial charge in [0.25, 0.3) is 0 Å². The molecule has 0 amide bonds. The number of carbonyl (C=O) groups excluding carboxylic acids is 1. The van der Waals surface area contributed by atoms with E-state index in [1.54, 1.807) is 0 Å². The second kappa shape index (κ2) is 5.54. The molecule has 0 saturated carbocycles. The number of esters is 1. The van der Waals surface area contributed by atoms with Crippen LogP contribution in [-0.2, 0) is 4.74 Å². The number of nitrogens with zero attached hydrogens (tertiary/aromatic N) is 3. The Hall–Kier alpha value is -1.79. The molecule has 1 aliphatic heterocycles. The van der Waals surface area contributed by atoms with Crippen LogP contribution in [0.5, 0.6) is 0 Å². The average Bonchev–Trinajstić information content (AvgIpc) is 2.89. The van der Waals surface area contributed by atoms with Gasteiger partial charge in [0.2, 0.25) is 0 Å². The van der Waals surface area contributed by atoms with Crippen LogP contribution < -0.4 is 9.80 Å². The van der Waals surface area contributed by atoms with Crippen molar-refractivity contribution >= 4 is 45.4 Å². The second-order valence-electron chi connectivity index (χ2n) is 4.67. The minimum absolute atomic E-state index is 0.193. The number of halogens is 1. The van der Waals surface area contributed by atoms with E-state index in [4.69, 9.17) is 16.3 Å². The molecule has 0 aliphatic carbocycles. The summed E-state index contributed by atoms with van der Waals surface area (Å²) in [5.41, 5.74) is 2.20. The van der Waals surface area contributed by atoms with Crippen molar-refractivity contribution in [2.24, 2.45) is 0 Å². The highest BCUT2D eigenvalue weighted by Gasteiger charge is 2.26. The molecule has 2 aromatic rings. The van der Waals surface area contributed by atoms with E-state index in [1.165, 1.54) is 18.4 Å². The maximum atomic E-state index is 11.7. The van der Waals surface area contributed by atoms with Crippen LogP contribution in [0.25, 0.3) is 0 Å². The lowest BCUT2D eigenvalue weighted by Crippen LogP contribution is -2.36. The molecule has 0 radical (unpaired) electrons. The third-order valence-corrected chi connectivity index (χ3v) is 4.86. The molecule has 2 heterocycles. The number of benzene rings is 1. The summed E-state index contributed by atoms with van der Waals surface area (Å²) in [6.07, 6.45) is 0. The van der Waals surface area contributed by atoms with Crippen molar-refractivity contribution in [3.63, 3.8) is 0 Å². The first-order valence-corrected chi connectivity index (χ1v) is 7.63. The number of para-hydroxylation sites is 2. The van der Waals surface area contributed by atoms with E-state index >= 15 is 0 Å². The number of fused-ring (bicyclic) bond motifs is 1. The first-order valence-electron chi connectivity index (χ1n) is 6.44. The van der Waals surface area contributed by atoms with E-state index < -0.39 is 5.97 Å².